The van der Waals surface area contributed by atoms with Gasteiger partial charge in [-0.15, -0.1) is 0 Å². The molecule has 3 rings (SSSR count). The van der Waals surface area contributed by atoms with E-state index in [9.17, 15) is 0 Å². The van der Waals surface area contributed by atoms with E-state index in [4.69, 9.17) is 28.4 Å². The molecule has 0 saturated carbocycles. The Labute approximate surface area is 172 Å². The fourth-order valence-corrected chi connectivity index (χ4v) is 4.54. The molecule has 0 fully saturated rings. The van der Waals surface area contributed by atoms with Gasteiger partial charge in [0.25, 0.3) is 0 Å². The van der Waals surface area contributed by atoms with Crippen LogP contribution in [0, 0.1) is 0 Å². The van der Waals surface area contributed by atoms with E-state index >= 15 is 0 Å². The van der Waals surface area contributed by atoms with E-state index in [2.05, 4.69) is 29.0 Å². The summed E-state index contributed by atoms with van der Waals surface area (Å²) in [5, 5.41) is 14.4. The maximum atomic E-state index is 9.07. The topological polar surface area (TPSA) is 63.3 Å². The molecule has 5 nitrogen and oxygen atoms in total. The van der Waals surface area contributed by atoms with E-state index in [1.165, 1.54) is 18.0 Å². The first-order valence-electron chi connectivity index (χ1n) is 8.28. The van der Waals surface area contributed by atoms with Crippen LogP contribution in [0.2, 0.25) is 10.0 Å². The van der Waals surface area contributed by atoms with Crippen LogP contribution in [0.3, 0.4) is 0 Å². The SMILES string of the molecule is CC(C)c1nc(/C=N/O)n(Cc2cccnc2)c1Sc1cc(Cl)cc(Cl)c1. The van der Waals surface area contributed by atoms with Crippen molar-refractivity contribution >= 4 is 41.2 Å². The number of benzene rings is 1. The third-order valence-electron chi connectivity index (χ3n) is 3.81. The molecular formula is C19H18Cl2N4OS. The summed E-state index contributed by atoms with van der Waals surface area (Å²) in [6, 6.07) is 9.31. The number of hydrogen-bond donors (Lipinski definition) is 1. The summed E-state index contributed by atoms with van der Waals surface area (Å²) >= 11 is 13.9. The summed E-state index contributed by atoms with van der Waals surface area (Å²) in [7, 11) is 0. The maximum absolute atomic E-state index is 9.07. The summed E-state index contributed by atoms with van der Waals surface area (Å²) in [5.74, 6) is 0.754. The predicted molar refractivity (Wildman–Crippen MR) is 110 cm³/mol. The van der Waals surface area contributed by atoms with Crippen LogP contribution in [-0.2, 0) is 6.54 Å². The summed E-state index contributed by atoms with van der Waals surface area (Å²) in [6.07, 6.45) is 4.88. The molecule has 0 aliphatic carbocycles. The zero-order valence-corrected chi connectivity index (χ0v) is 17.1. The summed E-state index contributed by atoms with van der Waals surface area (Å²) in [4.78, 5) is 9.77. The van der Waals surface area contributed by atoms with Crippen molar-refractivity contribution < 1.29 is 5.21 Å². The molecule has 27 heavy (non-hydrogen) atoms. The molecule has 1 N–H and O–H groups in total. The Balaban J connectivity index is 2.10. The van der Waals surface area contributed by atoms with Gasteiger partial charge in [0.15, 0.2) is 5.82 Å². The summed E-state index contributed by atoms with van der Waals surface area (Å²) in [5.41, 5.74) is 1.93. The number of rotatable bonds is 6. The molecular weight excluding hydrogens is 403 g/mol. The fraction of sp³-hybridized carbons (Fsp3) is 0.211. The van der Waals surface area contributed by atoms with Gasteiger partial charge in [-0.05, 0) is 35.7 Å². The van der Waals surface area contributed by atoms with Crippen LogP contribution >= 0.6 is 35.0 Å². The van der Waals surface area contributed by atoms with Gasteiger partial charge in [0.05, 0.1) is 12.2 Å². The van der Waals surface area contributed by atoms with Crippen molar-refractivity contribution in [3.63, 3.8) is 0 Å². The molecule has 0 aliphatic rings. The number of imidazole rings is 1. The minimum atomic E-state index is 0.183. The lowest BCUT2D eigenvalue weighted by Gasteiger charge is -2.13. The third kappa shape index (κ3) is 4.83. The monoisotopic (exact) mass is 420 g/mol. The van der Waals surface area contributed by atoms with Gasteiger partial charge in [0, 0.05) is 27.3 Å². The van der Waals surface area contributed by atoms with Crippen molar-refractivity contribution in [1.82, 2.24) is 14.5 Å². The van der Waals surface area contributed by atoms with Crippen molar-refractivity contribution in [2.45, 2.75) is 36.2 Å². The molecule has 0 bridgehead atoms. The first kappa shape index (κ1) is 19.7. The average molecular weight is 421 g/mol. The van der Waals surface area contributed by atoms with Crippen LogP contribution in [0.1, 0.15) is 36.8 Å². The van der Waals surface area contributed by atoms with Gasteiger partial charge in [-0.2, -0.15) is 0 Å². The molecule has 0 saturated heterocycles. The molecule has 2 heterocycles. The number of oxime groups is 1. The lowest BCUT2D eigenvalue weighted by molar-refractivity contribution is 0.321. The van der Waals surface area contributed by atoms with E-state index < -0.39 is 0 Å². The standard InChI is InChI=1S/C19H18Cl2N4OS/c1-12(2)18-19(27-16-7-14(20)6-15(21)8-16)25(17(24-18)10-23-26)11-13-4-3-5-22-9-13/h3-10,12,26H,11H2,1-2H3/b23-10+. The number of aromatic nitrogens is 3. The molecule has 1 aromatic carbocycles. The number of halogens is 2. The van der Waals surface area contributed by atoms with Crippen LogP contribution < -0.4 is 0 Å². The highest BCUT2D eigenvalue weighted by Crippen LogP contribution is 2.37. The van der Waals surface area contributed by atoms with E-state index in [1.807, 2.05) is 28.8 Å². The highest BCUT2D eigenvalue weighted by atomic mass is 35.5. The molecule has 0 radical (unpaired) electrons. The first-order valence-corrected chi connectivity index (χ1v) is 9.86. The number of hydrogen-bond acceptors (Lipinski definition) is 5. The third-order valence-corrected chi connectivity index (χ3v) is 5.34. The molecule has 0 unspecified atom stereocenters. The Morgan fingerprint density at radius 3 is 2.59 bits per heavy atom. The molecule has 0 spiro atoms. The Hall–Kier alpha value is -2.02. The Morgan fingerprint density at radius 2 is 2.00 bits per heavy atom. The first-order chi connectivity index (χ1) is 13.0. The second-order valence-electron chi connectivity index (χ2n) is 6.21. The molecule has 140 valence electrons. The zero-order valence-electron chi connectivity index (χ0n) is 14.8. The minimum absolute atomic E-state index is 0.183. The Bertz CT molecular complexity index is 938. The van der Waals surface area contributed by atoms with Crippen molar-refractivity contribution in [3.8, 4) is 0 Å². The highest BCUT2D eigenvalue weighted by molar-refractivity contribution is 7.99. The Morgan fingerprint density at radius 1 is 1.26 bits per heavy atom. The molecule has 0 aliphatic heterocycles. The quantitative estimate of drug-likeness (QED) is 0.314. The summed E-state index contributed by atoms with van der Waals surface area (Å²) < 4.78 is 2.01. The summed E-state index contributed by atoms with van der Waals surface area (Å²) in [6.45, 7) is 4.70. The molecule has 0 amide bonds. The van der Waals surface area contributed by atoms with Crippen molar-refractivity contribution in [2.75, 3.05) is 0 Å². The van der Waals surface area contributed by atoms with Crippen molar-refractivity contribution in [3.05, 3.63) is 69.9 Å². The van der Waals surface area contributed by atoms with Crippen LogP contribution in [0.5, 0.6) is 0 Å². The van der Waals surface area contributed by atoms with Gasteiger partial charge in [-0.3, -0.25) is 4.98 Å². The van der Waals surface area contributed by atoms with Gasteiger partial charge in [-0.1, -0.05) is 60.0 Å². The van der Waals surface area contributed by atoms with Gasteiger partial charge in [-0.25, -0.2) is 4.98 Å². The van der Waals surface area contributed by atoms with Crippen molar-refractivity contribution in [2.24, 2.45) is 5.16 Å². The lowest BCUT2D eigenvalue weighted by Crippen LogP contribution is -2.06. The minimum Gasteiger partial charge on any atom is -0.411 e. The number of nitrogens with zero attached hydrogens (tertiary/aromatic N) is 4. The molecule has 8 heteroatoms. The predicted octanol–water partition coefficient (Wildman–Crippen LogP) is 5.72. The largest absolute Gasteiger partial charge is 0.411 e. The fourth-order valence-electron chi connectivity index (χ4n) is 2.63. The van der Waals surface area contributed by atoms with Crippen LogP contribution in [0.25, 0.3) is 0 Å². The molecule has 3 aromatic rings. The highest BCUT2D eigenvalue weighted by Gasteiger charge is 2.20. The van der Waals surface area contributed by atoms with Gasteiger partial charge >= 0.3 is 0 Å². The van der Waals surface area contributed by atoms with Crippen LogP contribution in [0.4, 0.5) is 0 Å². The average Bonchev–Trinajstić information content (AvgIpc) is 2.93. The van der Waals surface area contributed by atoms with E-state index in [0.717, 1.165) is 21.2 Å². The Kier molecular flexibility index (Phi) is 6.42. The number of pyridine rings is 1. The van der Waals surface area contributed by atoms with Gasteiger partial charge < -0.3 is 9.77 Å². The van der Waals surface area contributed by atoms with Crippen molar-refractivity contribution in [1.29, 1.82) is 0 Å². The maximum Gasteiger partial charge on any atom is 0.156 e. The van der Waals surface area contributed by atoms with E-state index in [0.29, 0.717) is 22.4 Å². The second kappa shape index (κ2) is 8.78. The molecule has 2 aromatic heterocycles. The van der Waals surface area contributed by atoms with Crippen LogP contribution in [0.15, 0.2) is 57.8 Å². The lowest BCUT2D eigenvalue weighted by atomic mass is 10.1. The van der Waals surface area contributed by atoms with Gasteiger partial charge in [0.1, 0.15) is 11.2 Å². The normalized spacial score (nSPS) is 11.6. The smallest absolute Gasteiger partial charge is 0.156 e. The van der Waals surface area contributed by atoms with Gasteiger partial charge in [0.2, 0.25) is 0 Å². The van der Waals surface area contributed by atoms with E-state index in [1.54, 1.807) is 18.5 Å². The second-order valence-corrected chi connectivity index (χ2v) is 8.15. The molecule has 0 atom stereocenters. The van der Waals surface area contributed by atoms with E-state index in [-0.39, 0.29) is 5.92 Å². The van der Waals surface area contributed by atoms with Crippen LogP contribution in [-0.4, -0.2) is 26.0 Å². The zero-order chi connectivity index (χ0) is 19.4.